The first-order chi connectivity index (χ1) is 13.6. The van der Waals surface area contributed by atoms with E-state index >= 15 is 0 Å². The zero-order chi connectivity index (χ0) is 19.5. The van der Waals surface area contributed by atoms with Gasteiger partial charge in [-0.2, -0.15) is 0 Å². The van der Waals surface area contributed by atoms with Crippen LogP contribution in [0.4, 0.5) is 5.82 Å². The van der Waals surface area contributed by atoms with Crippen LogP contribution in [0.1, 0.15) is 11.3 Å². The normalized spacial score (nSPS) is 16.1. The summed E-state index contributed by atoms with van der Waals surface area (Å²) in [4.78, 5) is 32.7. The highest BCUT2D eigenvalue weighted by Gasteiger charge is 2.26. The van der Waals surface area contributed by atoms with E-state index in [4.69, 9.17) is 9.47 Å². The van der Waals surface area contributed by atoms with Crippen molar-refractivity contribution in [1.82, 2.24) is 14.8 Å². The Labute approximate surface area is 163 Å². The molecule has 4 rings (SSSR count). The largest absolute Gasteiger partial charge is 0.454 e. The molecule has 0 aliphatic carbocycles. The number of anilines is 1. The minimum atomic E-state index is -0.651. The fourth-order valence-electron chi connectivity index (χ4n) is 3.33. The molecule has 8 nitrogen and oxygen atoms in total. The molecule has 0 atom stereocenters. The molecule has 0 saturated carbocycles. The topological polar surface area (TPSA) is 84.0 Å². The number of aryl methyl sites for hydroxylation is 1. The molecule has 2 aliphatic rings. The summed E-state index contributed by atoms with van der Waals surface area (Å²) >= 11 is 0. The molecule has 0 radical (unpaired) electrons. The molecule has 0 unspecified atom stereocenters. The highest BCUT2D eigenvalue weighted by Crippen LogP contribution is 2.32. The number of nitrogens with zero attached hydrogens (tertiary/aromatic N) is 3. The Morgan fingerprint density at radius 1 is 1.07 bits per heavy atom. The van der Waals surface area contributed by atoms with Crippen LogP contribution in [0.5, 0.6) is 11.5 Å². The standard InChI is InChI=1S/C20H22N4O4/c1-14-3-2-4-18(21-14)22-19(25)20(26)24-9-7-23(8-10-24)12-15-5-6-16-17(11-15)28-13-27-16/h2-6,11H,7-10,12-13H2,1H3,(H,21,22,25). The number of benzene rings is 1. The first-order valence-electron chi connectivity index (χ1n) is 9.23. The van der Waals surface area contributed by atoms with Gasteiger partial charge >= 0.3 is 11.8 Å². The van der Waals surface area contributed by atoms with Gasteiger partial charge in [0.2, 0.25) is 6.79 Å². The third kappa shape index (κ3) is 4.07. The molecule has 28 heavy (non-hydrogen) atoms. The van der Waals surface area contributed by atoms with Crippen LogP contribution in [0.3, 0.4) is 0 Å². The third-order valence-corrected chi connectivity index (χ3v) is 4.83. The number of hydrogen-bond acceptors (Lipinski definition) is 6. The molecular formula is C20H22N4O4. The number of carbonyl (C=O) groups is 2. The molecule has 1 saturated heterocycles. The molecular weight excluding hydrogens is 360 g/mol. The van der Waals surface area contributed by atoms with E-state index in [9.17, 15) is 9.59 Å². The average Bonchev–Trinajstić information content (AvgIpc) is 3.16. The Hall–Kier alpha value is -3.13. The lowest BCUT2D eigenvalue weighted by molar-refractivity contribution is -0.144. The molecule has 1 aromatic carbocycles. The predicted octanol–water partition coefficient (Wildman–Crippen LogP) is 1.40. The van der Waals surface area contributed by atoms with Gasteiger partial charge in [0.05, 0.1) is 0 Å². The molecule has 0 spiro atoms. The highest BCUT2D eigenvalue weighted by atomic mass is 16.7. The number of nitrogens with one attached hydrogen (secondary N) is 1. The Morgan fingerprint density at radius 2 is 1.86 bits per heavy atom. The van der Waals surface area contributed by atoms with E-state index in [0.29, 0.717) is 32.0 Å². The number of amides is 2. The molecule has 1 aromatic heterocycles. The minimum Gasteiger partial charge on any atom is -0.454 e. The number of pyridine rings is 1. The van der Waals surface area contributed by atoms with Crippen molar-refractivity contribution in [3.63, 3.8) is 0 Å². The van der Waals surface area contributed by atoms with Gasteiger partial charge in [0, 0.05) is 38.4 Å². The quantitative estimate of drug-likeness (QED) is 0.808. The summed E-state index contributed by atoms with van der Waals surface area (Å²) in [5.74, 6) is 0.758. The maximum absolute atomic E-state index is 12.4. The Kier molecular flexibility index (Phi) is 5.12. The summed E-state index contributed by atoms with van der Waals surface area (Å²) in [7, 11) is 0. The van der Waals surface area contributed by atoms with Crippen LogP contribution in [0.15, 0.2) is 36.4 Å². The lowest BCUT2D eigenvalue weighted by Gasteiger charge is -2.34. The van der Waals surface area contributed by atoms with Crippen molar-refractivity contribution >= 4 is 17.6 Å². The number of rotatable bonds is 3. The van der Waals surface area contributed by atoms with E-state index in [2.05, 4.69) is 15.2 Å². The molecule has 8 heteroatoms. The van der Waals surface area contributed by atoms with Crippen LogP contribution in [-0.4, -0.2) is 59.6 Å². The highest BCUT2D eigenvalue weighted by molar-refractivity contribution is 6.39. The number of ether oxygens (including phenoxy) is 2. The van der Waals surface area contributed by atoms with Crippen LogP contribution in [0.2, 0.25) is 0 Å². The number of fused-ring (bicyclic) bond motifs is 1. The number of carbonyl (C=O) groups excluding carboxylic acids is 2. The minimum absolute atomic E-state index is 0.264. The van der Waals surface area contributed by atoms with Crippen molar-refractivity contribution in [2.75, 3.05) is 38.3 Å². The van der Waals surface area contributed by atoms with Crippen molar-refractivity contribution in [1.29, 1.82) is 0 Å². The fourth-order valence-corrected chi connectivity index (χ4v) is 3.33. The van der Waals surface area contributed by atoms with E-state index in [1.54, 1.807) is 17.0 Å². The van der Waals surface area contributed by atoms with Crippen molar-refractivity contribution in [3.8, 4) is 11.5 Å². The second-order valence-electron chi connectivity index (χ2n) is 6.87. The van der Waals surface area contributed by atoms with Crippen LogP contribution in [0.25, 0.3) is 0 Å². The number of hydrogen-bond donors (Lipinski definition) is 1. The van der Waals surface area contributed by atoms with E-state index in [-0.39, 0.29) is 6.79 Å². The van der Waals surface area contributed by atoms with Crippen LogP contribution in [0, 0.1) is 6.92 Å². The lowest BCUT2D eigenvalue weighted by atomic mass is 10.1. The van der Waals surface area contributed by atoms with Crippen molar-refractivity contribution < 1.29 is 19.1 Å². The van der Waals surface area contributed by atoms with Gasteiger partial charge in [-0.05, 0) is 36.8 Å². The summed E-state index contributed by atoms with van der Waals surface area (Å²) in [6, 6.07) is 11.2. The summed E-state index contributed by atoms with van der Waals surface area (Å²) in [5, 5.41) is 2.57. The van der Waals surface area contributed by atoms with Crippen molar-refractivity contribution in [3.05, 3.63) is 47.7 Å². The van der Waals surface area contributed by atoms with Gasteiger partial charge in [0.25, 0.3) is 0 Å². The second-order valence-corrected chi connectivity index (χ2v) is 6.87. The molecule has 0 bridgehead atoms. The molecule has 3 heterocycles. The summed E-state index contributed by atoms with van der Waals surface area (Å²) in [6.45, 7) is 5.29. The van der Waals surface area contributed by atoms with E-state index < -0.39 is 11.8 Å². The zero-order valence-corrected chi connectivity index (χ0v) is 15.7. The second kappa shape index (κ2) is 7.85. The molecule has 2 aliphatic heterocycles. The average molecular weight is 382 g/mol. The lowest BCUT2D eigenvalue weighted by Crippen LogP contribution is -2.51. The fraction of sp³-hybridized carbons (Fsp3) is 0.350. The van der Waals surface area contributed by atoms with Crippen LogP contribution in [-0.2, 0) is 16.1 Å². The maximum Gasteiger partial charge on any atom is 0.315 e. The van der Waals surface area contributed by atoms with E-state index in [1.165, 1.54) is 0 Å². The van der Waals surface area contributed by atoms with Gasteiger partial charge in [-0.1, -0.05) is 12.1 Å². The van der Waals surface area contributed by atoms with Crippen LogP contribution >= 0.6 is 0 Å². The summed E-state index contributed by atoms with van der Waals surface area (Å²) in [6.07, 6.45) is 0. The Balaban J connectivity index is 1.28. The van der Waals surface area contributed by atoms with E-state index in [0.717, 1.165) is 29.3 Å². The first-order valence-corrected chi connectivity index (χ1v) is 9.23. The predicted molar refractivity (Wildman–Crippen MR) is 102 cm³/mol. The van der Waals surface area contributed by atoms with Crippen molar-refractivity contribution in [2.45, 2.75) is 13.5 Å². The SMILES string of the molecule is Cc1cccc(NC(=O)C(=O)N2CCN(Cc3ccc4c(c3)OCO4)CC2)n1. The zero-order valence-electron chi connectivity index (χ0n) is 15.7. The monoisotopic (exact) mass is 382 g/mol. The molecule has 2 amide bonds. The first kappa shape index (κ1) is 18.2. The van der Waals surface area contributed by atoms with Gasteiger partial charge in [-0.25, -0.2) is 4.98 Å². The number of aromatic nitrogens is 1. The van der Waals surface area contributed by atoms with Crippen LogP contribution < -0.4 is 14.8 Å². The number of piperazine rings is 1. The van der Waals surface area contributed by atoms with Crippen molar-refractivity contribution in [2.24, 2.45) is 0 Å². The molecule has 2 aromatic rings. The Morgan fingerprint density at radius 3 is 2.64 bits per heavy atom. The van der Waals surface area contributed by atoms with Gasteiger partial charge in [0.1, 0.15) is 5.82 Å². The van der Waals surface area contributed by atoms with Gasteiger partial charge in [-0.3, -0.25) is 14.5 Å². The summed E-state index contributed by atoms with van der Waals surface area (Å²) < 4.78 is 10.7. The van der Waals surface area contributed by atoms with Gasteiger partial charge < -0.3 is 19.7 Å². The smallest absolute Gasteiger partial charge is 0.315 e. The molecule has 1 fully saturated rings. The summed E-state index contributed by atoms with van der Waals surface area (Å²) in [5.41, 5.74) is 1.91. The van der Waals surface area contributed by atoms with E-state index in [1.807, 2.05) is 31.2 Å². The molecule has 1 N–H and O–H groups in total. The third-order valence-electron chi connectivity index (χ3n) is 4.83. The van der Waals surface area contributed by atoms with Gasteiger partial charge in [-0.15, -0.1) is 0 Å². The maximum atomic E-state index is 12.4. The van der Waals surface area contributed by atoms with Gasteiger partial charge in [0.15, 0.2) is 11.5 Å². The Bertz CT molecular complexity index is 894. The molecule has 146 valence electrons.